The first-order valence-corrected chi connectivity index (χ1v) is 8.54. The standard InChI is InChI=1S/C18H25FN4O/c1-18(2,21-17(24)12-7-4-5-10-20-11-12)16-13-8-6-9-14(19)15(13)23(3)22-16/h6,8-9,12,20H,4-5,7,10-11H2,1-3H3,(H,21,24). The smallest absolute Gasteiger partial charge is 0.225 e. The summed E-state index contributed by atoms with van der Waals surface area (Å²) >= 11 is 0. The SMILES string of the molecule is Cn1nc(C(C)(C)NC(=O)C2CCCCNC2)c2cccc(F)c21. The average molecular weight is 332 g/mol. The van der Waals surface area contributed by atoms with Crippen molar-refractivity contribution in [1.82, 2.24) is 20.4 Å². The number of para-hydroxylation sites is 1. The predicted octanol–water partition coefficient (Wildman–Crippen LogP) is 2.45. The third-order valence-electron chi connectivity index (χ3n) is 4.76. The highest BCUT2D eigenvalue weighted by atomic mass is 19.1. The van der Waals surface area contributed by atoms with Crippen molar-refractivity contribution in [3.8, 4) is 0 Å². The van der Waals surface area contributed by atoms with E-state index in [1.165, 1.54) is 6.07 Å². The first kappa shape index (κ1) is 16.9. The van der Waals surface area contributed by atoms with Crippen molar-refractivity contribution in [2.45, 2.75) is 38.6 Å². The number of halogens is 1. The number of nitrogens with one attached hydrogen (secondary N) is 2. The van der Waals surface area contributed by atoms with Crippen LogP contribution in [-0.2, 0) is 17.4 Å². The molecule has 2 heterocycles. The molecular weight excluding hydrogens is 307 g/mol. The Balaban J connectivity index is 1.88. The molecule has 1 amide bonds. The molecule has 1 saturated heterocycles. The second kappa shape index (κ2) is 6.51. The van der Waals surface area contributed by atoms with Gasteiger partial charge < -0.3 is 10.6 Å². The highest BCUT2D eigenvalue weighted by Crippen LogP contribution is 2.29. The monoisotopic (exact) mass is 332 g/mol. The van der Waals surface area contributed by atoms with Gasteiger partial charge in [0.25, 0.3) is 0 Å². The summed E-state index contributed by atoms with van der Waals surface area (Å²) < 4.78 is 15.6. The van der Waals surface area contributed by atoms with Gasteiger partial charge in [0.1, 0.15) is 11.3 Å². The molecule has 6 heteroatoms. The molecule has 1 fully saturated rings. The average Bonchev–Trinajstić information content (AvgIpc) is 2.72. The van der Waals surface area contributed by atoms with Crippen molar-refractivity contribution < 1.29 is 9.18 Å². The Bertz CT molecular complexity index is 745. The second-order valence-corrected chi connectivity index (χ2v) is 7.12. The number of hydrogen-bond acceptors (Lipinski definition) is 3. The van der Waals surface area contributed by atoms with Gasteiger partial charge in [-0.05, 0) is 39.3 Å². The van der Waals surface area contributed by atoms with Gasteiger partial charge in [0.2, 0.25) is 5.91 Å². The molecule has 1 aromatic carbocycles. The van der Waals surface area contributed by atoms with Crippen molar-refractivity contribution in [1.29, 1.82) is 0 Å². The topological polar surface area (TPSA) is 59.0 Å². The van der Waals surface area contributed by atoms with Gasteiger partial charge in [0.15, 0.2) is 0 Å². The largest absolute Gasteiger partial charge is 0.345 e. The van der Waals surface area contributed by atoms with E-state index in [1.807, 2.05) is 19.9 Å². The normalized spacial score (nSPS) is 19.2. The van der Waals surface area contributed by atoms with Gasteiger partial charge in [-0.15, -0.1) is 0 Å². The molecule has 0 spiro atoms. The Morgan fingerprint density at radius 3 is 3.00 bits per heavy atom. The molecule has 1 aliphatic heterocycles. The number of fused-ring (bicyclic) bond motifs is 1. The lowest BCUT2D eigenvalue weighted by Gasteiger charge is -2.27. The zero-order chi connectivity index (χ0) is 17.3. The summed E-state index contributed by atoms with van der Waals surface area (Å²) in [5.74, 6) is -0.299. The fourth-order valence-corrected chi connectivity index (χ4v) is 3.46. The Morgan fingerprint density at radius 1 is 1.42 bits per heavy atom. The van der Waals surface area contributed by atoms with Crippen molar-refractivity contribution in [2.75, 3.05) is 13.1 Å². The molecule has 5 nitrogen and oxygen atoms in total. The van der Waals surface area contributed by atoms with Gasteiger partial charge in [-0.3, -0.25) is 9.48 Å². The number of carbonyl (C=O) groups excluding carboxylic acids is 1. The summed E-state index contributed by atoms with van der Waals surface area (Å²) in [6, 6.07) is 4.95. The molecule has 2 aromatic rings. The third-order valence-corrected chi connectivity index (χ3v) is 4.76. The molecule has 1 unspecified atom stereocenters. The maximum atomic E-state index is 14.1. The maximum absolute atomic E-state index is 14.1. The van der Waals surface area contributed by atoms with Crippen LogP contribution in [0.3, 0.4) is 0 Å². The fraction of sp³-hybridized carbons (Fsp3) is 0.556. The van der Waals surface area contributed by atoms with Gasteiger partial charge in [-0.25, -0.2) is 4.39 Å². The lowest BCUT2D eigenvalue weighted by Crippen LogP contribution is -2.46. The van der Waals surface area contributed by atoms with Crippen LogP contribution >= 0.6 is 0 Å². The summed E-state index contributed by atoms with van der Waals surface area (Å²) in [4.78, 5) is 12.7. The number of benzene rings is 1. The Morgan fingerprint density at radius 2 is 2.21 bits per heavy atom. The van der Waals surface area contributed by atoms with Crippen LogP contribution in [0.1, 0.15) is 38.8 Å². The number of carbonyl (C=O) groups is 1. The minimum absolute atomic E-state index is 0.0292. The number of amides is 1. The van der Waals surface area contributed by atoms with Crippen molar-refractivity contribution >= 4 is 16.8 Å². The summed E-state index contributed by atoms with van der Waals surface area (Å²) in [7, 11) is 1.72. The predicted molar refractivity (Wildman–Crippen MR) is 92.1 cm³/mol. The Kier molecular flexibility index (Phi) is 4.58. The van der Waals surface area contributed by atoms with Crippen molar-refractivity contribution in [2.24, 2.45) is 13.0 Å². The Labute approximate surface area is 141 Å². The second-order valence-electron chi connectivity index (χ2n) is 7.12. The van der Waals surface area contributed by atoms with Crippen LogP contribution in [0.15, 0.2) is 18.2 Å². The van der Waals surface area contributed by atoms with Crippen LogP contribution in [-0.4, -0.2) is 28.8 Å². The van der Waals surface area contributed by atoms with E-state index in [2.05, 4.69) is 15.7 Å². The quantitative estimate of drug-likeness (QED) is 0.908. The molecular formula is C18H25FN4O. The van der Waals surface area contributed by atoms with Crippen molar-refractivity contribution in [3.63, 3.8) is 0 Å². The molecule has 0 radical (unpaired) electrons. The first-order chi connectivity index (χ1) is 11.4. The van der Waals surface area contributed by atoms with E-state index in [-0.39, 0.29) is 17.6 Å². The summed E-state index contributed by atoms with van der Waals surface area (Å²) in [6.45, 7) is 5.51. The Hall–Kier alpha value is -1.95. The van der Waals surface area contributed by atoms with E-state index in [0.717, 1.165) is 31.2 Å². The number of aromatic nitrogens is 2. The minimum atomic E-state index is -0.670. The van der Waals surface area contributed by atoms with Crippen molar-refractivity contribution in [3.05, 3.63) is 29.7 Å². The number of hydrogen-bond donors (Lipinski definition) is 2. The molecule has 130 valence electrons. The number of nitrogens with zero attached hydrogens (tertiary/aromatic N) is 2. The van der Waals surface area contributed by atoms with Crippen LogP contribution in [0.4, 0.5) is 4.39 Å². The van der Waals surface area contributed by atoms with E-state index >= 15 is 0 Å². The molecule has 0 bridgehead atoms. The van der Waals surface area contributed by atoms with E-state index in [9.17, 15) is 9.18 Å². The van der Waals surface area contributed by atoms with Gasteiger partial charge in [-0.1, -0.05) is 18.6 Å². The number of rotatable bonds is 3. The van der Waals surface area contributed by atoms with Crippen LogP contribution in [0.5, 0.6) is 0 Å². The zero-order valence-electron chi connectivity index (χ0n) is 14.5. The third kappa shape index (κ3) is 3.15. The molecule has 1 atom stereocenters. The van der Waals surface area contributed by atoms with Crippen LogP contribution < -0.4 is 10.6 Å². The highest BCUT2D eigenvalue weighted by Gasteiger charge is 2.32. The number of aryl methyl sites for hydroxylation is 1. The van der Waals surface area contributed by atoms with E-state index < -0.39 is 5.54 Å². The van der Waals surface area contributed by atoms with Gasteiger partial charge in [0, 0.05) is 19.0 Å². The fourth-order valence-electron chi connectivity index (χ4n) is 3.46. The van der Waals surface area contributed by atoms with E-state index in [4.69, 9.17) is 0 Å². The molecule has 3 rings (SSSR count). The van der Waals surface area contributed by atoms with Gasteiger partial charge in [-0.2, -0.15) is 5.10 Å². The molecule has 1 aliphatic rings. The summed E-state index contributed by atoms with van der Waals surface area (Å²) in [5.41, 5.74) is 0.483. The molecule has 0 saturated carbocycles. The van der Waals surface area contributed by atoms with E-state index in [0.29, 0.717) is 17.8 Å². The van der Waals surface area contributed by atoms with Crippen LogP contribution in [0.2, 0.25) is 0 Å². The lowest BCUT2D eigenvalue weighted by atomic mass is 9.94. The van der Waals surface area contributed by atoms with Gasteiger partial charge >= 0.3 is 0 Å². The summed E-state index contributed by atoms with van der Waals surface area (Å²) in [6.07, 6.45) is 3.06. The molecule has 1 aromatic heterocycles. The minimum Gasteiger partial charge on any atom is -0.345 e. The van der Waals surface area contributed by atoms with E-state index in [1.54, 1.807) is 17.8 Å². The maximum Gasteiger partial charge on any atom is 0.225 e. The first-order valence-electron chi connectivity index (χ1n) is 8.54. The molecule has 0 aliphatic carbocycles. The zero-order valence-corrected chi connectivity index (χ0v) is 14.5. The lowest BCUT2D eigenvalue weighted by molar-refractivity contribution is -0.126. The highest BCUT2D eigenvalue weighted by molar-refractivity contribution is 5.85. The van der Waals surface area contributed by atoms with Crippen LogP contribution in [0, 0.1) is 11.7 Å². The van der Waals surface area contributed by atoms with Gasteiger partial charge in [0.05, 0.1) is 17.2 Å². The molecule has 24 heavy (non-hydrogen) atoms. The van der Waals surface area contributed by atoms with Crippen LogP contribution in [0.25, 0.3) is 10.9 Å². The molecule has 2 N–H and O–H groups in total. The summed E-state index contributed by atoms with van der Waals surface area (Å²) in [5, 5.41) is 11.7.